The van der Waals surface area contributed by atoms with Gasteiger partial charge in [-0.2, -0.15) is 0 Å². The van der Waals surface area contributed by atoms with E-state index in [9.17, 15) is 5.11 Å². The van der Waals surface area contributed by atoms with Gasteiger partial charge in [0.25, 0.3) is 0 Å². The van der Waals surface area contributed by atoms with E-state index in [0.29, 0.717) is 5.75 Å². The van der Waals surface area contributed by atoms with E-state index in [1.807, 2.05) is 18.2 Å². The molecule has 1 nitrogen and oxygen atoms in total. The maximum Gasteiger partial charge on any atom is 0.121 e. The van der Waals surface area contributed by atoms with Crippen LogP contribution in [0.25, 0.3) is 11.1 Å². The average Bonchev–Trinajstić information content (AvgIpc) is 2.40. The van der Waals surface area contributed by atoms with E-state index in [-0.39, 0.29) is 0 Å². The molecule has 1 heteroatoms. The molecule has 2 aromatic rings. The van der Waals surface area contributed by atoms with Gasteiger partial charge in [-0.25, -0.2) is 0 Å². The lowest BCUT2D eigenvalue weighted by atomic mass is 9.96. The number of hydrogen-bond acceptors (Lipinski definition) is 1. The van der Waals surface area contributed by atoms with Crippen LogP contribution in [0.2, 0.25) is 0 Å². The van der Waals surface area contributed by atoms with Crippen molar-refractivity contribution in [2.24, 2.45) is 0 Å². The van der Waals surface area contributed by atoms with Gasteiger partial charge in [0.15, 0.2) is 0 Å². The zero-order valence-corrected chi connectivity index (χ0v) is 10.4. The van der Waals surface area contributed by atoms with Gasteiger partial charge < -0.3 is 5.11 Å². The normalized spacial score (nSPS) is 10.5. The van der Waals surface area contributed by atoms with Crippen LogP contribution in [0.15, 0.2) is 42.5 Å². The Labute approximate surface area is 103 Å². The topological polar surface area (TPSA) is 20.2 Å². The zero-order valence-electron chi connectivity index (χ0n) is 10.4. The van der Waals surface area contributed by atoms with Gasteiger partial charge in [0.1, 0.15) is 5.75 Å². The number of phenols is 1. The molecule has 0 radical (unpaired) electrons. The molecule has 0 saturated carbocycles. The Balaban J connectivity index is 2.56. The SMILES string of the molecule is CCc1cc(-c2ccccc2)cc(CC)c1O. The molecule has 2 rings (SSSR count). The van der Waals surface area contributed by atoms with E-state index >= 15 is 0 Å². The second kappa shape index (κ2) is 5.05. The summed E-state index contributed by atoms with van der Waals surface area (Å²) in [6.45, 7) is 4.15. The number of aromatic hydroxyl groups is 1. The predicted molar refractivity (Wildman–Crippen MR) is 72.3 cm³/mol. The summed E-state index contributed by atoms with van der Waals surface area (Å²) < 4.78 is 0. The Morgan fingerprint density at radius 2 is 1.35 bits per heavy atom. The van der Waals surface area contributed by atoms with Crippen LogP contribution < -0.4 is 0 Å². The van der Waals surface area contributed by atoms with Gasteiger partial charge in [0, 0.05) is 0 Å². The number of phenolic OH excluding ortho intramolecular Hbond substituents is 1. The van der Waals surface area contributed by atoms with Crippen molar-refractivity contribution in [1.82, 2.24) is 0 Å². The molecule has 2 aromatic carbocycles. The Hall–Kier alpha value is -1.76. The van der Waals surface area contributed by atoms with Crippen molar-refractivity contribution in [3.05, 3.63) is 53.6 Å². The van der Waals surface area contributed by atoms with Crippen molar-refractivity contribution in [1.29, 1.82) is 0 Å². The standard InChI is InChI=1S/C16H18O/c1-3-12-10-15(11-13(4-2)16(12)17)14-8-6-5-7-9-14/h5-11,17H,3-4H2,1-2H3. The molecular formula is C16H18O. The molecule has 17 heavy (non-hydrogen) atoms. The van der Waals surface area contributed by atoms with Crippen molar-refractivity contribution in [2.75, 3.05) is 0 Å². The summed E-state index contributed by atoms with van der Waals surface area (Å²) in [5, 5.41) is 10.1. The molecule has 0 aromatic heterocycles. The molecule has 0 atom stereocenters. The lowest BCUT2D eigenvalue weighted by Crippen LogP contribution is -1.91. The van der Waals surface area contributed by atoms with Crippen LogP contribution in [0.5, 0.6) is 5.75 Å². The molecule has 0 amide bonds. The van der Waals surface area contributed by atoms with Crippen molar-refractivity contribution >= 4 is 0 Å². The van der Waals surface area contributed by atoms with Gasteiger partial charge in [-0.15, -0.1) is 0 Å². The molecule has 0 aliphatic rings. The Morgan fingerprint density at radius 1 is 0.824 bits per heavy atom. The largest absolute Gasteiger partial charge is 0.507 e. The van der Waals surface area contributed by atoms with Gasteiger partial charge in [-0.05, 0) is 47.2 Å². The highest BCUT2D eigenvalue weighted by Crippen LogP contribution is 2.30. The van der Waals surface area contributed by atoms with Crippen molar-refractivity contribution in [2.45, 2.75) is 26.7 Å². The molecule has 0 aliphatic heterocycles. The zero-order chi connectivity index (χ0) is 12.3. The molecule has 0 fully saturated rings. The Bertz CT molecular complexity index is 475. The monoisotopic (exact) mass is 226 g/mol. The highest BCUT2D eigenvalue weighted by atomic mass is 16.3. The van der Waals surface area contributed by atoms with Crippen LogP contribution in [0.4, 0.5) is 0 Å². The summed E-state index contributed by atoms with van der Waals surface area (Å²) in [4.78, 5) is 0. The third kappa shape index (κ3) is 2.33. The van der Waals surface area contributed by atoms with Crippen LogP contribution in [0, 0.1) is 0 Å². The van der Waals surface area contributed by atoms with Crippen LogP contribution in [-0.4, -0.2) is 5.11 Å². The molecule has 0 unspecified atom stereocenters. The first-order valence-corrected chi connectivity index (χ1v) is 6.16. The molecular weight excluding hydrogens is 208 g/mol. The number of aryl methyl sites for hydroxylation is 2. The number of rotatable bonds is 3. The summed E-state index contributed by atoms with van der Waals surface area (Å²) in [5.41, 5.74) is 4.46. The summed E-state index contributed by atoms with van der Waals surface area (Å²) in [5.74, 6) is 0.467. The van der Waals surface area contributed by atoms with Crippen LogP contribution >= 0.6 is 0 Å². The van der Waals surface area contributed by atoms with Gasteiger partial charge >= 0.3 is 0 Å². The molecule has 0 aliphatic carbocycles. The van der Waals surface area contributed by atoms with Crippen LogP contribution in [0.3, 0.4) is 0 Å². The first-order valence-electron chi connectivity index (χ1n) is 6.16. The summed E-state index contributed by atoms with van der Waals surface area (Å²) in [6, 6.07) is 14.5. The lowest BCUT2D eigenvalue weighted by molar-refractivity contribution is 0.462. The van der Waals surface area contributed by atoms with E-state index in [0.717, 1.165) is 24.0 Å². The quantitative estimate of drug-likeness (QED) is 0.832. The van der Waals surface area contributed by atoms with Crippen molar-refractivity contribution in [3.8, 4) is 16.9 Å². The fourth-order valence-corrected chi connectivity index (χ4v) is 2.10. The van der Waals surface area contributed by atoms with Gasteiger partial charge in [-0.1, -0.05) is 44.2 Å². The van der Waals surface area contributed by atoms with Crippen molar-refractivity contribution < 1.29 is 5.11 Å². The minimum atomic E-state index is 0.467. The fourth-order valence-electron chi connectivity index (χ4n) is 2.10. The summed E-state index contributed by atoms with van der Waals surface area (Å²) in [7, 11) is 0. The van der Waals surface area contributed by atoms with E-state index < -0.39 is 0 Å². The number of benzene rings is 2. The van der Waals surface area contributed by atoms with E-state index in [1.54, 1.807) is 0 Å². The van der Waals surface area contributed by atoms with E-state index in [4.69, 9.17) is 0 Å². The first-order chi connectivity index (χ1) is 8.26. The highest BCUT2D eigenvalue weighted by Gasteiger charge is 2.08. The molecule has 0 heterocycles. The third-order valence-electron chi connectivity index (χ3n) is 3.14. The van der Waals surface area contributed by atoms with Crippen LogP contribution in [0.1, 0.15) is 25.0 Å². The molecule has 0 spiro atoms. The van der Waals surface area contributed by atoms with Gasteiger partial charge in [-0.3, -0.25) is 0 Å². The van der Waals surface area contributed by atoms with Gasteiger partial charge in [0.2, 0.25) is 0 Å². The van der Waals surface area contributed by atoms with Gasteiger partial charge in [0.05, 0.1) is 0 Å². The predicted octanol–water partition coefficient (Wildman–Crippen LogP) is 4.18. The third-order valence-corrected chi connectivity index (χ3v) is 3.14. The minimum Gasteiger partial charge on any atom is -0.507 e. The van der Waals surface area contributed by atoms with Crippen molar-refractivity contribution in [3.63, 3.8) is 0 Å². The minimum absolute atomic E-state index is 0.467. The van der Waals surface area contributed by atoms with Crippen LogP contribution in [-0.2, 0) is 12.8 Å². The molecule has 1 N–H and O–H groups in total. The van der Waals surface area contributed by atoms with E-state index in [2.05, 4.69) is 38.1 Å². The Morgan fingerprint density at radius 3 is 1.82 bits per heavy atom. The Kier molecular flexibility index (Phi) is 3.48. The smallest absolute Gasteiger partial charge is 0.121 e. The maximum atomic E-state index is 10.1. The number of hydrogen-bond donors (Lipinski definition) is 1. The summed E-state index contributed by atoms with van der Waals surface area (Å²) in [6.07, 6.45) is 1.72. The highest BCUT2D eigenvalue weighted by molar-refractivity contribution is 5.67. The lowest BCUT2D eigenvalue weighted by Gasteiger charge is -2.11. The fraction of sp³-hybridized carbons (Fsp3) is 0.250. The second-order valence-electron chi connectivity index (χ2n) is 4.22. The maximum absolute atomic E-state index is 10.1. The average molecular weight is 226 g/mol. The summed E-state index contributed by atoms with van der Waals surface area (Å²) >= 11 is 0. The molecule has 0 bridgehead atoms. The second-order valence-corrected chi connectivity index (χ2v) is 4.22. The van der Waals surface area contributed by atoms with E-state index in [1.165, 1.54) is 11.1 Å². The molecule has 88 valence electrons. The first kappa shape index (κ1) is 11.7. The molecule has 0 saturated heterocycles.